The van der Waals surface area contributed by atoms with Gasteiger partial charge in [-0.2, -0.15) is 9.97 Å². The molecule has 0 unspecified atom stereocenters. The first-order valence-corrected chi connectivity index (χ1v) is 12.1. The van der Waals surface area contributed by atoms with Crippen LogP contribution in [-0.4, -0.2) is 28.8 Å². The van der Waals surface area contributed by atoms with E-state index in [2.05, 4.69) is 74.0 Å². The van der Waals surface area contributed by atoms with Crippen molar-refractivity contribution >= 4 is 17.3 Å². The molecule has 0 saturated heterocycles. The number of anilines is 2. The molecule has 0 saturated carbocycles. The predicted molar refractivity (Wildman–Crippen MR) is 143 cm³/mol. The fourth-order valence-corrected chi connectivity index (χ4v) is 4.78. The molecule has 1 N–H and O–H groups in total. The fourth-order valence-electron chi connectivity index (χ4n) is 4.78. The van der Waals surface area contributed by atoms with Gasteiger partial charge in [0, 0.05) is 17.8 Å². The minimum absolute atomic E-state index is 0.411. The first-order valence-electron chi connectivity index (χ1n) is 12.1. The van der Waals surface area contributed by atoms with Crippen LogP contribution in [0.15, 0.2) is 53.5 Å². The highest BCUT2D eigenvalue weighted by Gasteiger charge is 2.23. The van der Waals surface area contributed by atoms with Gasteiger partial charge in [0.1, 0.15) is 5.82 Å². The maximum absolute atomic E-state index is 5.61. The molecular weight excluding hydrogens is 450 g/mol. The van der Waals surface area contributed by atoms with Crippen LogP contribution in [0.1, 0.15) is 27.8 Å². The van der Waals surface area contributed by atoms with E-state index in [4.69, 9.17) is 24.4 Å². The molecule has 7 nitrogen and oxygen atoms in total. The van der Waals surface area contributed by atoms with E-state index in [0.717, 1.165) is 52.4 Å². The van der Waals surface area contributed by atoms with Crippen molar-refractivity contribution in [1.82, 2.24) is 14.5 Å². The lowest BCUT2D eigenvalue weighted by atomic mass is 9.99. The molecular formula is C29H31N5O2. The van der Waals surface area contributed by atoms with E-state index in [1.807, 2.05) is 12.1 Å². The van der Waals surface area contributed by atoms with Crippen LogP contribution < -0.4 is 20.4 Å². The number of nitrogens with zero attached hydrogens (tertiary/aromatic N) is 4. The number of aromatic nitrogens is 3. The highest BCUT2D eigenvalue weighted by Crippen LogP contribution is 2.38. The Labute approximate surface area is 211 Å². The Morgan fingerprint density at radius 2 is 1.50 bits per heavy atom. The van der Waals surface area contributed by atoms with Crippen molar-refractivity contribution in [3.8, 4) is 22.9 Å². The van der Waals surface area contributed by atoms with Crippen molar-refractivity contribution in [1.29, 1.82) is 0 Å². The number of benzene rings is 3. The summed E-state index contributed by atoms with van der Waals surface area (Å²) >= 11 is 0. The van der Waals surface area contributed by atoms with Gasteiger partial charge in [-0.1, -0.05) is 35.4 Å². The summed E-state index contributed by atoms with van der Waals surface area (Å²) < 4.78 is 13.3. The van der Waals surface area contributed by atoms with Crippen LogP contribution in [0.3, 0.4) is 0 Å². The summed E-state index contributed by atoms with van der Waals surface area (Å²) in [6.07, 6.45) is 0.825. The summed E-state index contributed by atoms with van der Waals surface area (Å²) in [6, 6.07) is 16.6. The van der Waals surface area contributed by atoms with E-state index in [1.54, 1.807) is 14.2 Å². The molecule has 0 radical (unpaired) electrons. The molecule has 7 heteroatoms. The van der Waals surface area contributed by atoms with Crippen molar-refractivity contribution in [2.45, 2.75) is 40.7 Å². The van der Waals surface area contributed by atoms with E-state index in [1.165, 1.54) is 11.1 Å². The van der Waals surface area contributed by atoms with Crippen molar-refractivity contribution in [3.05, 3.63) is 82.0 Å². The van der Waals surface area contributed by atoms with Gasteiger partial charge in [-0.25, -0.2) is 4.99 Å². The Kier molecular flexibility index (Phi) is 6.22. The summed E-state index contributed by atoms with van der Waals surface area (Å²) in [4.78, 5) is 14.7. The molecule has 1 aliphatic rings. The highest BCUT2D eigenvalue weighted by atomic mass is 16.5. The average molecular weight is 482 g/mol. The topological polar surface area (TPSA) is 73.6 Å². The Morgan fingerprint density at radius 3 is 2.17 bits per heavy atom. The number of aryl methyl sites for hydroxylation is 5. The molecule has 0 bridgehead atoms. The molecule has 5 rings (SSSR count). The van der Waals surface area contributed by atoms with Gasteiger partial charge < -0.3 is 14.8 Å². The minimum Gasteiger partial charge on any atom is -0.493 e. The average Bonchev–Trinajstić information content (AvgIpc) is 2.86. The van der Waals surface area contributed by atoms with Gasteiger partial charge in [0.25, 0.3) is 5.62 Å². The summed E-state index contributed by atoms with van der Waals surface area (Å²) in [5, 5.41) is 3.50. The minimum atomic E-state index is 0.411. The van der Waals surface area contributed by atoms with Gasteiger partial charge in [-0.3, -0.25) is 4.57 Å². The molecule has 4 aromatic rings. The summed E-state index contributed by atoms with van der Waals surface area (Å²) in [6.45, 7) is 9.05. The van der Waals surface area contributed by atoms with Crippen LogP contribution in [0.5, 0.6) is 11.5 Å². The van der Waals surface area contributed by atoms with E-state index in [0.29, 0.717) is 23.1 Å². The number of rotatable bonds is 5. The van der Waals surface area contributed by atoms with Gasteiger partial charge in [0.15, 0.2) is 11.5 Å². The standard InChI is InChI=1S/C29H31N5O2/c1-17-7-9-22(10-8-17)30-29-33-28(31-26-19(3)13-18(2)14-20(26)4)32-27-23-16-25(36-6)24(35-5)15-21(23)11-12-34(27)29/h7-10,13-16H,11-12H2,1-6H3,(H,30,31,33). The third-order valence-electron chi connectivity index (χ3n) is 6.53. The monoisotopic (exact) mass is 481 g/mol. The number of nitrogens with one attached hydrogen (secondary N) is 1. The molecule has 0 fully saturated rings. The Hall–Kier alpha value is -4.13. The quantitative estimate of drug-likeness (QED) is 0.394. The number of fused-ring (bicyclic) bond motifs is 3. The first kappa shape index (κ1) is 23.6. The van der Waals surface area contributed by atoms with Crippen LogP contribution in [0.4, 0.5) is 17.3 Å². The van der Waals surface area contributed by atoms with Crippen molar-refractivity contribution < 1.29 is 9.47 Å². The first-order chi connectivity index (χ1) is 17.4. The smallest absolute Gasteiger partial charge is 0.255 e. The molecule has 0 amide bonds. The maximum atomic E-state index is 5.61. The molecule has 1 aromatic heterocycles. The molecule has 1 aliphatic heterocycles. The van der Waals surface area contributed by atoms with Crippen molar-refractivity contribution in [3.63, 3.8) is 0 Å². The van der Waals surface area contributed by atoms with E-state index < -0.39 is 0 Å². The molecule has 36 heavy (non-hydrogen) atoms. The molecule has 184 valence electrons. The zero-order valence-corrected chi connectivity index (χ0v) is 21.6. The predicted octanol–water partition coefficient (Wildman–Crippen LogP) is 5.73. The molecule has 2 heterocycles. The lowest BCUT2D eigenvalue weighted by Gasteiger charge is -2.25. The molecule has 0 spiro atoms. The lowest BCUT2D eigenvalue weighted by Crippen LogP contribution is -2.26. The van der Waals surface area contributed by atoms with Gasteiger partial charge >= 0.3 is 0 Å². The Morgan fingerprint density at radius 1 is 0.833 bits per heavy atom. The Bertz CT molecular complexity index is 1500. The van der Waals surface area contributed by atoms with E-state index in [9.17, 15) is 0 Å². The van der Waals surface area contributed by atoms with Gasteiger partial charge in [0.2, 0.25) is 5.95 Å². The lowest BCUT2D eigenvalue weighted by molar-refractivity contribution is 0.354. The zero-order chi connectivity index (χ0) is 25.4. The SMILES string of the molecule is COc1cc2c(cc1OC)-c1nc(=Nc3c(C)cc(C)cc3C)nc(Nc3ccc(C)cc3)n1CC2. The number of methoxy groups -OCH3 is 2. The summed E-state index contributed by atoms with van der Waals surface area (Å²) in [5.74, 6) is 2.88. The molecule has 3 aromatic carbocycles. The van der Waals surface area contributed by atoms with Gasteiger partial charge in [-0.05, 0) is 75.1 Å². The second kappa shape index (κ2) is 9.49. The van der Waals surface area contributed by atoms with Crippen LogP contribution in [0, 0.1) is 27.7 Å². The second-order valence-corrected chi connectivity index (χ2v) is 9.29. The van der Waals surface area contributed by atoms with Crippen molar-refractivity contribution in [2.24, 2.45) is 4.99 Å². The molecule has 0 atom stereocenters. The van der Waals surface area contributed by atoms with E-state index in [-0.39, 0.29) is 0 Å². The largest absolute Gasteiger partial charge is 0.493 e. The summed E-state index contributed by atoms with van der Waals surface area (Å²) in [7, 11) is 3.31. The number of hydrogen-bond donors (Lipinski definition) is 1. The van der Waals surface area contributed by atoms with Crippen molar-refractivity contribution in [2.75, 3.05) is 19.5 Å². The highest BCUT2D eigenvalue weighted by molar-refractivity contribution is 5.69. The second-order valence-electron chi connectivity index (χ2n) is 9.29. The third kappa shape index (κ3) is 4.44. The van der Waals surface area contributed by atoms with Crippen LogP contribution >= 0.6 is 0 Å². The summed E-state index contributed by atoms with van der Waals surface area (Å²) in [5.41, 5.74) is 9.02. The zero-order valence-electron chi connectivity index (χ0n) is 21.6. The molecule has 0 aliphatic carbocycles. The maximum Gasteiger partial charge on any atom is 0.255 e. The van der Waals surface area contributed by atoms with Crippen LogP contribution in [0.25, 0.3) is 11.4 Å². The fraction of sp³-hybridized carbons (Fsp3) is 0.276. The van der Waals surface area contributed by atoms with Gasteiger partial charge in [-0.15, -0.1) is 0 Å². The number of hydrogen-bond acceptors (Lipinski definition) is 6. The van der Waals surface area contributed by atoms with E-state index >= 15 is 0 Å². The van der Waals surface area contributed by atoms with Crippen LogP contribution in [-0.2, 0) is 13.0 Å². The normalized spacial score (nSPS) is 12.7. The Balaban J connectivity index is 1.74. The van der Waals surface area contributed by atoms with Crippen LogP contribution in [0.2, 0.25) is 0 Å². The van der Waals surface area contributed by atoms with Gasteiger partial charge in [0.05, 0.1) is 19.9 Å². The third-order valence-corrected chi connectivity index (χ3v) is 6.53. The number of ether oxygens (including phenoxy) is 2.